The lowest BCUT2D eigenvalue weighted by Gasteiger charge is -2.27. The fourth-order valence-electron chi connectivity index (χ4n) is 3.05. The van der Waals surface area contributed by atoms with Crippen molar-refractivity contribution in [1.29, 1.82) is 0 Å². The molecule has 19 heavy (non-hydrogen) atoms. The van der Waals surface area contributed by atoms with E-state index in [-0.39, 0.29) is 6.04 Å². The summed E-state index contributed by atoms with van der Waals surface area (Å²) in [5, 5.41) is 1.37. The van der Waals surface area contributed by atoms with Crippen LogP contribution >= 0.6 is 23.2 Å². The molecule has 2 atom stereocenters. The van der Waals surface area contributed by atoms with Crippen LogP contribution in [0.5, 0.6) is 0 Å². The van der Waals surface area contributed by atoms with Gasteiger partial charge < -0.3 is 5.73 Å². The van der Waals surface area contributed by atoms with Crippen LogP contribution in [0.25, 0.3) is 0 Å². The molecule has 0 radical (unpaired) electrons. The first-order valence-electron chi connectivity index (χ1n) is 7.04. The van der Waals surface area contributed by atoms with E-state index in [0.717, 1.165) is 24.6 Å². The summed E-state index contributed by atoms with van der Waals surface area (Å²) < 4.78 is 0. The van der Waals surface area contributed by atoms with E-state index in [1.807, 2.05) is 12.1 Å². The molecule has 2 unspecified atom stereocenters. The molecule has 0 aliphatic carbocycles. The molecule has 0 amide bonds. The van der Waals surface area contributed by atoms with Crippen molar-refractivity contribution in [2.24, 2.45) is 11.7 Å². The van der Waals surface area contributed by atoms with Gasteiger partial charge in [-0.05, 0) is 49.1 Å². The zero-order valence-corrected chi connectivity index (χ0v) is 12.9. The van der Waals surface area contributed by atoms with Crippen LogP contribution in [0, 0.1) is 5.92 Å². The maximum atomic E-state index is 6.09. The summed E-state index contributed by atoms with van der Waals surface area (Å²) in [6, 6.07) is 5.97. The lowest BCUT2D eigenvalue weighted by Crippen LogP contribution is -2.32. The van der Waals surface area contributed by atoms with E-state index in [9.17, 15) is 0 Å². The van der Waals surface area contributed by atoms with Gasteiger partial charge in [0, 0.05) is 29.2 Å². The number of nitrogens with zero attached hydrogens (tertiary/aromatic N) is 1. The van der Waals surface area contributed by atoms with Gasteiger partial charge in [-0.2, -0.15) is 0 Å². The van der Waals surface area contributed by atoms with Gasteiger partial charge >= 0.3 is 0 Å². The maximum absolute atomic E-state index is 6.09. The summed E-state index contributed by atoms with van der Waals surface area (Å²) >= 11 is 12.2. The Morgan fingerprint density at radius 3 is 2.58 bits per heavy atom. The molecule has 2 rings (SSSR count). The van der Waals surface area contributed by atoms with Crippen molar-refractivity contribution in [1.82, 2.24) is 4.90 Å². The summed E-state index contributed by atoms with van der Waals surface area (Å²) in [5.74, 6) is 0.814. The van der Waals surface area contributed by atoms with Crippen LogP contribution in [0.3, 0.4) is 0 Å². The molecule has 0 spiro atoms. The smallest absolute Gasteiger partial charge is 0.0471 e. The third-order valence-corrected chi connectivity index (χ3v) is 4.38. The van der Waals surface area contributed by atoms with Gasteiger partial charge in [0.1, 0.15) is 0 Å². The van der Waals surface area contributed by atoms with Crippen molar-refractivity contribution in [3.63, 3.8) is 0 Å². The van der Waals surface area contributed by atoms with Crippen LogP contribution in [0.2, 0.25) is 10.0 Å². The summed E-state index contributed by atoms with van der Waals surface area (Å²) in [4.78, 5) is 2.47. The van der Waals surface area contributed by atoms with Crippen molar-refractivity contribution < 1.29 is 0 Å². The molecule has 1 aromatic carbocycles. The molecule has 2 N–H and O–H groups in total. The Morgan fingerprint density at radius 2 is 2.00 bits per heavy atom. The number of nitrogens with two attached hydrogens (primary N) is 1. The largest absolute Gasteiger partial charge is 0.329 e. The van der Waals surface area contributed by atoms with Gasteiger partial charge in [-0.1, -0.05) is 36.5 Å². The van der Waals surface area contributed by atoms with Crippen LogP contribution in [-0.4, -0.2) is 24.5 Å². The van der Waals surface area contributed by atoms with Crippen LogP contribution in [0.15, 0.2) is 18.2 Å². The first-order valence-corrected chi connectivity index (χ1v) is 7.79. The van der Waals surface area contributed by atoms with E-state index in [2.05, 4.69) is 11.8 Å². The minimum absolute atomic E-state index is 0.234. The molecule has 1 fully saturated rings. The normalized spacial score (nSPS) is 21.8. The second-order valence-electron chi connectivity index (χ2n) is 5.39. The molecule has 0 saturated carbocycles. The summed E-state index contributed by atoms with van der Waals surface area (Å²) in [7, 11) is 0. The predicted octanol–water partition coefficient (Wildman–Crippen LogP) is 4.12. The Balaban J connectivity index is 2.12. The summed E-state index contributed by atoms with van der Waals surface area (Å²) in [6.45, 7) is 5.12. The van der Waals surface area contributed by atoms with E-state index in [0.29, 0.717) is 16.6 Å². The first kappa shape index (κ1) is 15.1. The summed E-state index contributed by atoms with van der Waals surface area (Å²) in [5.41, 5.74) is 7.11. The molecule has 0 aromatic heterocycles. The highest BCUT2D eigenvalue weighted by molar-refractivity contribution is 6.34. The average Bonchev–Trinajstić information content (AvgIpc) is 2.78. The quantitative estimate of drug-likeness (QED) is 0.886. The van der Waals surface area contributed by atoms with E-state index in [4.69, 9.17) is 28.9 Å². The Hall–Kier alpha value is -0.280. The first-order chi connectivity index (χ1) is 9.13. The number of halogens is 2. The van der Waals surface area contributed by atoms with Crippen molar-refractivity contribution in [3.05, 3.63) is 33.8 Å². The second-order valence-corrected chi connectivity index (χ2v) is 6.27. The summed E-state index contributed by atoms with van der Waals surface area (Å²) in [6.07, 6.45) is 3.84. The lowest BCUT2D eigenvalue weighted by molar-refractivity contribution is 0.240. The molecule has 1 aromatic rings. The molecule has 1 heterocycles. The monoisotopic (exact) mass is 300 g/mol. The minimum atomic E-state index is 0.234. The Bertz CT molecular complexity index is 402. The zero-order valence-electron chi connectivity index (χ0n) is 11.4. The standard InChI is InChI=1S/C15H22Cl2N2/c1-2-3-11-4-5-19(10-11)15(9-18)12-6-13(16)8-14(17)7-12/h6-8,11,15H,2-5,9-10,18H2,1H3. The van der Waals surface area contributed by atoms with Crippen LogP contribution < -0.4 is 5.73 Å². The van der Waals surface area contributed by atoms with E-state index in [1.54, 1.807) is 6.07 Å². The average molecular weight is 301 g/mol. The zero-order chi connectivity index (χ0) is 13.8. The highest BCUT2D eigenvalue weighted by atomic mass is 35.5. The van der Waals surface area contributed by atoms with Crippen molar-refractivity contribution in [3.8, 4) is 0 Å². The molecular formula is C15H22Cl2N2. The van der Waals surface area contributed by atoms with Gasteiger partial charge in [-0.15, -0.1) is 0 Å². The third kappa shape index (κ3) is 3.85. The number of benzene rings is 1. The SMILES string of the molecule is CCCC1CCN(C(CN)c2cc(Cl)cc(Cl)c2)C1. The molecule has 0 bridgehead atoms. The highest BCUT2D eigenvalue weighted by Gasteiger charge is 2.28. The molecule has 1 aliphatic heterocycles. The van der Waals surface area contributed by atoms with E-state index < -0.39 is 0 Å². The maximum Gasteiger partial charge on any atom is 0.0471 e. The fourth-order valence-corrected chi connectivity index (χ4v) is 3.60. The third-order valence-electron chi connectivity index (χ3n) is 3.95. The Morgan fingerprint density at radius 1 is 1.32 bits per heavy atom. The Kier molecular flexibility index (Phi) is 5.52. The molecule has 2 nitrogen and oxygen atoms in total. The topological polar surface area (TPSA) is 29.3 Å². The van der Waals surface area contributed by atoms with Gasteiger partial charge in [-0.25, -0.2) is 0 Å². The van der Waals surface area contributed by atoms with Crippen molar-refractivity contribution in [2.75, 3.05) is 19.6 Å². The molecule has 4 heteroatoms. The second kappa shape index (κ2) is 6.94. The van der Waals surface area contributed by atoms with Gasteiger partial charge in [0.2, 0.25) is 0 Å². The van der Waals surface area contributed by atoms with Gasteiger partial charge in [-0.3, -0.25) is 4.90 Å². The lowest BCUT2D eigenvalue weighted by atomic mass is 10.0. The minimum Gasteiger partial charge on any atom is -0.329 e. The van der Waals surface area contributed by atoms with E-state index >= 15 is 0 Å². The Labute approximate surface area is 125 Å². The van der Waals surface area contributed by atoms with Gasteiger partial charge in [0.15, 0.2) is 0 Å². The fraction of sp³-hybridized carbons (Fsp3) is 0.600. The van der Waals surface area contributed by atoms with Crippen LogP contribution in [-0.2, 0) is 0 Å². The van der Waals surface area contributed by atoms with E-state index in [1.165, 1.54) is 19.3 Å². The molecule has 1 saturated heterocycles. The number of likely N-dealkylation sites (tertiary alicyclic amines) is 1. The molecule has 1 aliphatic rings. The van der Waals surface area contributed by atoms with Crippen molar-refractivity contribution >= 4 is 23.2 Å². The highest BCUT2D eigenvalue weighted by Crippen LogP contribution is 2.31. The number of hydrogen-bond acceptors (Lipinski definition) is 2. The number of rotatable bonds is 5. The van der Waals surface area contributed by atoms with Crippen LogP contribution in [0.4, 0.5) is 0 Å². The van der Waals surface area contributed by atoms with Gasteiger partial charge in [0.25, 0.3) is 0 Å². The molecule has 106 valence electrons. The van der Waals surface area contributed by atoms with Gasteiger partial charge in [0.05, 0.1) is 0 Å². The number of hydrogen-bond donors (Lipinski definition) is 1. The molecular weight excluding hydrogens is 279 g/mol. The van der Waals surface area contributed by atoms with Crippen molar-refractivity contribution in [2.45, 2.75) is 32.2 Å². The van der Waals surface area contributed by atoms with Crippen LogP contribution in [0.1, 0.15) is 37.8 Å². The predicted molar refractivity (Wildman–Crippen MR) is 82.8 cm³/mol.